The molecule has 9 saturated carbocycles. The predicted octanol–water partition coefficient (Wildman–Crippen LogP) is 27.3. The highest BCUT2D eigenvalue weighted by molar-refractivity contribution is 5.78. The molecule has 9 rings (SSSR count). The lowest BCUT2D eigenvalue weighted by Crippen LogP contribution is -2.49. The van der Waals surface area contributed by atoms with Gasteiger partial charge >= 0.3 is 35.8 Å². The van der Waals surface area contributed by atoms with Crippen LogP contribution in [0.4, 0.5) is 0 Å². The van der Waals surface area contributed by atoms with E-state index in [1.54, 1.807) is 0 Å². The summed E-state index contributed by atoms with van der Waals surface area (Å²) in [4.78, 5) is 72.4. The Morgan fingerprint density at radius 3 is 1.07 bits per heavy atom. The molecule has 0 radical (unpaired) electrons. The second-order valence-electron chi connectivity index (χ2n) is 40.6. The van der Waals surface area contributed by atoms with E-state index in [4.69, 9.17) is 28.4 Å². The Balaban J connectivity index is 0.00000125. The fourth-order valence-electron chi connectivity index (χ4n) is 17.8. The third-order valence-corrected chi connectivity index (χ3v) is 28.5. The van der Waals surface area contributed by atoms with E-state index in [1.807, 2.05) is 201 Å². The van der Waals surface area contributed by atoms with Gasteiger partial charge in [-0.3, -0.25) is 28.8 Å². The van der Waals surface area contributed by atoms with Crippen LogP contribution in [0.5, 0.6) is 0 Å². The van der Waals surface area contributed by atoms with Crippen LogP contribution in [0.25, 0.3) is 0 Å². The maximum atomic E-state index is 12.7. The first-order valence-electron chi connectivity index (χ1n) is 44.4. The smallest absolute Gasteiger partial charge is 0.312 e. The minimum absolute atomic E-state index is 0.000595. The molecular weight excluding hydrogens is 1330 g/mol. The highest BCUT2D eigenvalue weighted by Crippen LogP contribution is 2.74. The Morgan fingerprint density at radius 1 is 0.364 bits per heavy atom. The van der Waals surface area contributed by atoms with Crippen LogP contribution in [0.1, 0.15) is 437 Å². The van der Waals surface area contributed by atoms with Gasteiger partial charge in [-0.15, -0.1) is 0 Å². The van der Waals surface area contributed by atoms with Crippen LogP contribution in [-0.2, 0) is 57.2 Å². The summed E-state index contributed by atoms with van der Waals surface area (Å²) in [5, 5.41) is 0. The molecule has 0 aromatic carbocycles. The van der Waals surface area contributed by atoms with E-state index in [0.717, 1.165) is 118 Å². The average Bonchev–Trinajstić information content (AvgIpc) is 1.54. The number of hydrogen-bond acceptors (Lipinski definition) is 12. The van der Waals surface area contributed by atoms with E-state index in [9.17, 15) is 28.8 Å². The zero-order valence-corrected chi connectivity index (χ0v) is 78.4. The SMILES string of the molecule is CC.CC.CC.CC.CCC(C)(C)C(=O)OC(C)(C)C.CCC(C)(C)C(=O)OC(C)(C)C(C)C.CCC(C)(C)C(=O)OC1(C)CC2CC1C1C3CCC(C3)C21.CCC(C)(C)C(=O)OC1(C)CCC23CC1C(C)(C)C2CCC3C.CCC(C)(C)C(=O)OC1(C)CCCC1.CCC(C)(C)C(=O)OC1(C)CCCCC1. The summed E-state index contributed by atoms with van der Waals surface area (Å²) in [5.41, 5.74) is -2.83. The van der Waals surface area contributed by atoms with Gasteiger partial charge in [-0.05, 0) is 358 Å². The molecule has 632 valence electrons. The Kier molecular flexibility index (Phi) is 40.5. The largest absolute Gasteiger partial charge is 0.460 e. The van der Waals surface area contributed by atoms with Crippen LogP contribution in [0, 0.1) is 102 Å². The number of carbonyl (C=O) groups is 6. The van der Waals surface area contributed by atoms with Crippen molar-refractivity contribution >= 4 is 35.8 Å². The molecule has 0 aliphatic heterocycles. The lowest BCUT2D eigenvalue weighted by molar-refractivity contribution is -0.184. The molecule has 0 aromatic heterocycles. The number of fused-ring (bicyclic) bond motifs is 10. The Hall–Kier alpha value is -3.18. The molecule has 0 N–H and O–H groups in total. The number of hydrogen-bond donors (Lipinski definition) is 0. The molecule has 0 aromatic rings. The summed E-state index contributed by atoms with van der Waals surface area (Å²) in [7, 11) is 0. The molecule has 0 amide bonds. The van der Waals surface area contributed by atoms with Crippen molar-refractivity contribution < 1.29 is 57.2 Å². The summed E-state index contributed by atoms with van der Waals surface area (Å²) >= 11 is 0. The fourth-order valence-corrected chi connectivity index (χ4v) is 17.8. The lowest BCUT2D eigenvalue weighted by atomic mass is 9.64. The van der Waals surface area contributed by atoms with Crippen LogP contribution < -0.4 is 0 Å². The van der Waals surface area contributed by atoms with Crippen molar-refractivity contribution in [2.75, 3.05) is 0 Å². The maximum absolute atomic E-state index is 12.7. The second kappa shape index (κ2) is 41.7. The van der Waals surface area contributed by atoms with Gasteiger partial charge in [-0.2, -0.15) is 0 Å². The van der Waals surface area contributed by atoms with Crippen molar-refractivity contribution in [3.63, 3.8) is 0 Å². The van der Waals surface area contributed by atoms with Gasteiger partial charge in [0.25, 0.3) is 0 Å². The normalized spacial score (nSPS) is 28.6. The Bertz CT molecular complexity index is 2650. The molecule has 0 saturated heterocycles. The van der Waals surface area contributed by atoms with Gasteiger partial charge in [0, 0.05) is 11.8 Å². The molecule has 12 nitrogen and oxygen atoms in total. The van der Waals surface area contributed by atoms with E-state index < -0.39 is 0 Å². The van der Waals surface area contributed by atoms with E-state index in [-0.39, 0.29) is 107 Å². The van der Waals surface area contributed by atoms with Crippen LogP contribution in [-0.4, -0.2) is 69.4 Å². The minimum Gasteiger partial charge on any atom is -0.460 e. The second-order valence-corrected chi connectivity index (χ2v) is 40.6. The van der Waals surface area contributed by atoms with Crippen LogP contribution >= 0.6 is 0 Å². The molecule has 107 heavy (non-hydrogen) atoms. The summed E-state index contributed by atoms with van der Waals surface area (Å²) in [5.74, 6) is 7.57. The Morgan fingerprint density at radius 2 is 0.701 bits per heavy atom. The third kappa shape index (κ3) is 27.0. The van der Waals surface area contributed by atoms with Gasteiger partial charge in [-0.1, -0.05) is 138 Å². The van der Waals surface area contributed by atoms with Crippen molar-refractivity contribution in [1.82, 2.24) is 0 Å². The molecule has 6 bridgehead atoms. The van der Waals surface area contributed by atoms with E-state index in [1.165, 1.54) is 83.5 Å². The summed E-state index contributed by atoms with van der Waals surface area (Å²) in [6.45, 7) is 81.4. The highest BCUT2D eigenvalue weighted by atomic mass is 16.6. The fraction of sp³-hybridized carbons (Fsp3) is 0.937. The molecule has 12 unspecified atom stereocenters. The van der Waals surface area contributed by atoms with Crippen molar-refractivity contribution in [2.45, 2.75) is 471 Å². The van der Waals surface area contributed by atoms with Crippen molar-refractivity contribution in [2.24, 2.45) is 102 Å². The van der Waals surface area contributed by atoms with Gasteiger partial charge in [0.05, 0.1) is 32.5 Å². The molecule has 12 atom stereocenters. The lowest BCUT2D eigenvalue weighted by Gasteiger charge is -2.47. The van der Waals surface area contributed by atoms with Gasteiger partial charge in [-0.25, -0.2) is 0 Å². The van der Waals surface area contributed by atoms with Crippen LogP contribution in [0.15, 0.2) is 0 Å². The van der Waals surface area contributed by atoms with Gasteiger partial charge in [0.1, 0.15) is 33.6 Å². The highest BCUT2D eigenvalue weighted by Gasteiger charge is 2.70. The number of carbonyl (C=O) groups excluding carboxylic acids is 6. The first kappa shape index (κ1) is 104. The minimum atomic E-state index is -0.372. The molecule has 0 heterocycles. The standard InChI is InChI=1S/C21H36O2.C19H30O2.C13H24O2.C12H22O2.C12H24O2.C10H20O2.4C2H6/c1-8-18(3,4)17(22)23-20(7)11-12-21-13-16(20)19(5,6)15(21)10-9-14(21)2;1-5-18(2,3)17(20)21-19(4)10-13-9-14(19)16-12-7-6-11(8-12)15(13)16;1-5-12(2,3)11(14)15-13(4)9-7-6-8-10-13;1-5-11(2,3)10(13)14-12(4)8-6-7-9-12;1-8-11(4,5)10(13)14-12(6,7)9(2)3;1-7-10(5,6)8(11)12-9(2,3)4;4*1-2/h14-16H,8-13H2,1-7H3;11-16H,5-10H2,1-4H3;5-10H2,1-4H3;5-9H2,1-4H3;9H,8H2,1-7H3;7H2,1-6H3;4*1-2H3. The van der Waals surface area contributed by atoms with Gasteiger partial charge in [0.15, 0.2) is 0 Å². The number of rotatable bonds is 18. The van der Waals surface area contributed by atoms with E-state index >= 15 is 0 Å². The topological polar surface area (TPSA) is 158 Å². The van der Waals surface area contributed by atoms with Gasteiger partial charge < -0.3 is 28.4 Å². The molecule has 1 spiro atoms. The summed E-state index contributed by atoms with van der Waals surface area (Å²) in [6.07, 6.45) is 28.3. The van der Waals surface area contributed by atoms with Crippen LogP contribution in [0.3, 0.4) is 0 Å². The quantitative estimate of drug-likeness (QED) is 0.0728. The van der Waals surface area contributed by atoms with Crippen molar-refractivity contribution in [1.29, 1.82) is 0 Å². The molecule has 9 aliphatic carbocycles. The molecule has 12 heteroatoms. The van der Waals surface area contributed by atoms with Gasteiger partial charge in [0.2, 0.25) is 0 Å². The van der Waals surface area contributed by atoms with Crippen LogP contribution in [0.2, 0.25) is 0 Å². The van der Waals surface area contributed by atoms with E-state index in [0.29, 0.717) is 23.2 Å². The predicted molar refractivity (Wildman–Crippen MR) is 450 cm³/mol. The number of ether oxygens (including phenoxy) is 6. The van der Waals surface area contributed by atoms with E-state index in [2.05, 4.69) is 76.2 Å². The number of esters is 6. The average molecular weight is 1510 g/mol. The summed E-state index contributed by atoms with van der Waals surface area (Å²) < 4.78 is 34.5. The summed E-state index contributed by atoms with van der Waals surface area (Å²) in [6, 6.07) is 0. The molecule has 9 fully saturated rings. The zero-order chi connectivity index (χ0) is 84.2. The maximum Gasteiger partial charge on any atom is 0.312 e. The monoisotopic (exact) mass is 1510 g/mol. The Labute approximate surface area is 663 Å². The van der Waals surface area contributed by atoms with Crippen molar-refractivity contribution in [3.8, 4) is 0 Å². The first-order chi connectivity index (χ1) is 49.0. The molecule has 9 aliphatic rings. The molecular formula is C95H180O12. The third-order valence-electron chi connectivity index (χ3n) is 28.5. The first-order valence-corrected chi connectivity index (χ1v) is 44.4. The zero-order valence-electron chi connectivity index (χ0n) is 78.4. The van der Waals surface area contributed by atoms with Crippen molar-refractivity contribution in [3.05, 3.63) is 0 Å².